The maximum Gasteiger partial charge on any atom is 0.490 e. The number of anilines is 1. The molecule has 2 aromatic carbocycles. The number of pyridine rings is 1. The van der Waals surface area contributed by atoms with Crippen molar-refractivity contribution in [1.29, 1.82) is 5.41 Å². The average Bonchev–Trinajstić information content (AvgIpc) is 2.92. The topological polar surface area (TPSA) is 192 Å². The summed E-state index contributed by atoms with van der Waals surface area (Å²) in [6.07, 6.45) is -8.38. The molecule has 6 N–H and O–H groups in total. The summed E-state index contributed by atoms with van der Waals surface area (Å²) in [5.74, 6) is -4.34. The van der Waals surface area contributed by atoms with E-state index in [9.17, 15) is 44.3 Å². The lowest BCUT2D eigenvalue weighted by Crippen LogP contribution is -2.30. The summed E-state index contributed by atoms with van der Waals surface area (Å²) in [5, 5.41) is 19.4. The molecule has 1 atom stereocenters. The monoisotopic (exact) mass is 647 g/mol. The summed E-state index contributed by atoms with van der Waals surface area (Å²) in [6.45, 7) is 1.41. The van der Waals surface area contributed by atoms with Gasteiger partial charge in [0.15, 0.2) is 0 Å². The lowest BCUT2D eigenvalue weighted by atomic mass is 10.0. The molecule has 1 unspecified atom stereocenters. The Bertz CT molecular complexity index is 1630. The highest BCUT2D eigenvalue weighted by Gasteiger charge is 2.39. The number of sulfone groups is 1. The third-order valence-electron chi connectivity index (χ3n) is 5.48. The fourth-order valence-electron chi connectivity index (χ4n) is 3.38. The van der Waals surface area contributed by atoms with Gasteiger partial charge in [-0.15, -0.1) is 0 Å². The van der Waals surface area contributed by atoms with Gasteiger partial charge in [-0.2, -0.15) is 26.3 Å². The van der Waals surface area contributed by atoms with E-state index in [1.54, 1.807) is 0 Å². The lowest BCUT2D eigenvalue weighted by Gasteiger charge is -2.19. The number of amides is 2. The molecule has 44 heavy (non-hydrogen) atoms. The minimum Gasteiger partial charge on any atom is -0.475 e. The first-order valence-corrected chi connectivity index (χ1v) is 13.4. The van der Waals surface area contributed by atoms with Crippen molar-refractivity contribution >= 4 is 39.1 Å². The van der Waals surface area contributed by atoms with Crippen LogP contribution in [0.1, 0.15) is 36.1 Å². The first kappa shape index (κ1) is 35.2. The van der Waals surface area contributed by atoms with Gasteiger partial charge in [0.25, 0.3) is 0 Å². The smallest absolute Gasteiger partial charge is 0.475 e. The summed E-state index contributed by atoms with van der Waals surface area (Å²) in [4.78, 5) is 35.8. The van der Waals surface area contributed by atoms with Gasteiger partial charge in [0.1, 0.15) is 12.3 Å². The van der Waals surface area contributed by atoms with Crippen molar-refractivity contribution < 1.29 is 54.3 Å². The van der Waals surface area contributed by atoms with E-state index in [4.69, 9.17) is 21.0 Å². The molecule has 11 nitrogen and oxygen atoms in total. The Balaban J connectivity index is 0.000000860. The Morgan fingerprint density at radius 1 is 0.955 bits per heavy atom. The van der Waals surface area contributed by atoms with E-state index in [0.29, 0.717) is 17.3 Å². The number of rotatable bonds is 8. The average molecular weight is 648 g/mol. The van der Waals surface area contributed by atoms with Crippen molar-refractivity contribution in [2.45, 2.75) is 41.5 Å². The summed E-state index contributed by atoms with van der Waals surface area (Å²) < 4.78 is 98.8. The van der Waals surface area contributed by atoms with Gasteiger partial charge < -0.3 is 21.5 Å². The molecule has 236 valence electrons. The number of hydrogen-bond acceptors (Lipinski definition) is 7. The number of hydrogen-bond donors (Lipinski definition) is 5. The zero-order chi connectivity index (χ0) is 33.5. The van der Waals surface area contributed by atoms with Crippen LogP contribution in [0.3, 0.4) is 0 Å². The molecule has 18 heteroatoms. The number of halogens is 6. The molecule has 3 aromatic rings. The second-order valence-electron chi connectivity index (χ2n) is 8.75. The maximum atomic E-state index is 13.8. The van der Waals surface area contributed by atoms with Crippen LogP contribution in [0, 0.1) is 5.41 Å². The number of carboxylic acid groups (broad SMARTS) is 1. The highest BCUT2D eigenvalue weighted by atomic mass is 32.2. The van der Waals surface area contributed by atoms with Crippen molar-refractivity contribution in [1.82, 2.24) is 10.3 Å². The van der Waals surface area contributed by atoms with Crippen LogP contribution in [0.2, 0.25) is 0 Å². The minimum atomic E-state index is -5.08. The summed E-state index contributed by atoms with van der Waals surface area (Å²) in [6, 6.07) is 9.91. The predicted octanol–water partition coefficient (Wildman–Crippen LogP) is 4.06. The highest BCUT2D eigenvalue weighted by molar-refractivity contribution is 7.91. The van der Waals surface area contributed by atoms with Crippen molar-refractivity contribution in [3.8, 4) is 0 Å². The Morgan fingerprint density at radius 2 is 1.50 bits per heavy atom. The van der Waals surface area contributed by atoms with Gasteiger partial charge in [0.2, 0.25) is 21.7 Å². The Kier molecular flexibility index (Phi) is 11.2. The molecule has 0 aliphatic carbocycles. The second-order valence-corrected chi connectivity index (χ2v) is 10.7. The van der Waals surface area contributed by atoms with Crippen LogP contribution >= 0.6 is 0 Å². The second kappa shape index (κ2) is 14.0. The zero-order valence-electron chi connectivity index (χ0n) is 22.3. The van der Waals surface area contributed by atoms with Gasteiger partial charge in [-0.1, -0.05) is 6.07 Å². The number of amidine groups is 1. The number of nitrogen functional groups attached to an aromatic ring is 1. The minimum absolute atomic E-state index is 0.00502. The van der Waals surface area contributed by atoms with Crippen LogP contribution in [0.15, 0.2) is 76.8 Å². The molecule has 0 saturated heterocycles. The molecule has 0 bridgehead atoms. The number of alkyl halides is 6. The molecule has 0 saturated carbocycles. The number of aliphatic carboxylic acids is 1. The summed E-state index contributed by atoms with van der Waals surface area (Å²) in [7, 11) is -4.49. The van der Waals surface area contributed by atoms with Crippen molar-refractivity contribution in [3.05, 3.63) is 83.7 Å². The summed E-state index contributed by atoms with van der Waals surface area (Å²) >= 11 is 0. The number of nitrogens with zero attached hydrogens (tertiary/aromatic N) is 1. The van der Waals surface area contributed by atoms with Crippen LogP contribution in [-0.4, -0.2) is 48.3 Å². The number of carboxylic acids is 1. The van der Waals surface area contributed by atoms with Crippen molar-refractivity contribution in [3.63, 3.8) is 0 Å². The van der Waals surface area contributed by atoms with Crippen LogP contribution < -0.4 is 16.4 Å². The molecule has 0 aliphatic heterocycles. The normalized spacial score (nSPS) is 12.2. The first-order chi connectivity index (χ1) is 20.2. The zero-order valence-corrected chi connectivity index (χ0v) is 23.1. The predicted molar refractivity (Wildman–Crippen MR) is 142 cm³/mol. The van der Waals surface area contributed by atoms with Gasteiger partial charge in [-0.05, 0) is 61.0 Å². The van der Waals surface area contributed by atoms with Gasteiger partial charge in [-0.3, -0.25) is 20.0 Å². The van der Waals surface area contributed by atoms with Crippen LogP contribution in [0.4, 0.5) is 32.0 Å². The quantitative estimate of drug-likeness (QED) is 0.105. The van der Waals surface area contributed by atoms with Crippen LogP contribution in [0.25, 0.3) is 0 Å². The number of nitrogens with two attached hydrogens (primary N) is 1. The maximum absolute atomic E-state index is 13.8. The van der Waals surface area contributed by atoms with Gasteiger partial charge >= 0.3 is 18.3 Å². The SMILES string of the molecule is CC(NC(=O)CC(=O)Nc1ccc(C(=N)N)cc1)c1ccc(S(=O)(=O)c2ccncc2)c(C(F)(F)F)c1.O=C(O)C(F)(F)F. The molecular weight excluding hydrogens is 624 g/mol. The van der Waals surface area contributed by atoms with Crippen molar-refractivity contribution in [2.75, 3.05) is 5.32 Å². The standard InChI is InChI=1S/C24H22F3N5O4S.C2HF3O2/c1-14(31-21(33)13-22(34)32-17-5-2-15(3-6-17)23(28)29)16-4-7-20(19(12-16)24(25,26)27)37(35,36)18-8-10-30-11-9-18;3-2(4,5)1(6)7/h2-12,14H,13H2,1H3,(H3,28,29)(H,31,33)(H,32,34);(H,6,7). The molecule has 3 rings (SSSR count). The molecule has 1 aromatic heterocycles. The van der Waals surface area contributed by atoms with E-state index >= 15 is 0 Å². The molecule has 0 fully saturated rings. The van der Waals surface area contributed by atoms with Crippen LogP contribution in [0.5, 0.6) is 0 Å². The fraction of sp³-hybridized carbons (Fsp3) is 0.192. The third kappa shape index (κ3) is 9.79. The molecule has 1 heterocycles. The Hall–Kier alpha value is -5.00. The van der Waals surface area contributed by atoms with E-state index < -0.39 is 62.9 Å². The number of carbonyl (C=O) groups is 3. The Labute approximate surface area is 245 Å². The van der Waals surface area contributed by atoms with Gasteiger partial charge in [-0.25, -0.2) is 13.2 Å². The molecule has 0 radical (unpaired) electrons. The number of nitrogens with one attached hydrogen (secondary N) is 3. The summed E-state index contributed by atoms with van der Waals surface area (Å²) in [5.41, 5.74) is 4.78. The molecule has 0 spiro atoms. The number of carbonyl (C=O) groups excluding carboxylic acids is 2. The van der Waals surface area contributed by atoms with E-state index in [2.05, 4.69) is 15.6 Å². The first-order valence-electron chi connectivity index (χ1n) is 11.9. The van der Waals surface area contributed by atoms with E-state index in [-0.39, 0.29) is 16.3 Å². The van der Waals surface area contributed by atoms with Crippen LogP contribution in [-0.2, 0) is 30.4 Å². The number of aromatic nitrogens is 1. The van der Waals surface area contributed by atoms with Crippen molar-refractivity contribution in [2.24, 2.45) is 5.73 Å². The largest absolute Gasteiger partial charge is 0.490 e. The number of benzene rings is 2. The fourth-order valence-corrected chi connectivity index (χ4v) is 4.82. The van der Waals surface area contributed by atoms with Gasteiger partial charge in [0, 0.05) is 23.6 Å². The molecule has 2 amide bonds. The Morgan fingerprint density at radius 3 is 1.98 bits per heavy atom. The third-order valence-corrected chi connectivity index (χ3v) is 7.31. The molecule has 0 aliphatic rings. The van der Waals surface area contributed by atoms with E-state index in [1.165, 1.54) is 37.3 Å². The van der Waals surface area contributed by atoms with E-state index in [0.717, 1.165) is 30.6 Å². The lowest BCUT2D eigenvalue weighted by molar-refractivity contribution is -0.192. The highest BCUT2D eigenvalue weighted by Crippen LogP contribution is 2.38. The molecular formula is C26H23F6N5O6S. The van der Waals surface area contributed by atoms with E-state index in [1.807, 2.05) is 0 Å². The van der Waals surface area contributed by atoms with Gasteiger partial charge in [0.05, 0.1) is 21.4 Å².